The summed E-state index contributed by atoms with van der Waals surface area (Å²) in [5.41, 5.74) is -3.01. The van der Waals surface area contributed by atoms with Crippen LogP contribution in [0.1, 0.15) is 57.8 Å². The standard InChI is InChI=1S/C31H21Cl3F9NO3/c32-21-6-5-16(44-28(47)26-25(30(26,33)34)14-3-8-23(36)20(10-14)31(41,42)43)12-18(21)24(46)11-15-4-7-22(35)19(27(15)37)13-17(45)2-1-9-29(38,39)40/h3-8,10,12,25-26H,1-2,9,11,13H2,(H,44,47)/t25-,26+/m0/s1. The van der Waals surface area contributed by atoms with E-state index in [4.69, 9.17) is 34.8 Å². The summed E-state index contributed by atoms with van der Waals surface area (Å²) in [5, 5.41) is 2.30. The van der Waals surface area contributed by atoms with Crippen molar-refractivity contribution in [2.45, 2.75) is 54.7 Å². The van der Waals surface area contributed by atoms with Gasteiger partial charge in [-0.2, -0.15) is 26.3 Å². The molecule has 0 spiro atoms. The highest BCUT2D eigenvalue weighted by Crippen LogP contribution is 2.65. The van der Waals surface area contributed by atoms with Gasteiger partial charge >= 0.3 is 12.4 Å². The lowest BCUT2D eigenvalue weighted by Crippen LogP contribution is -2.18. The molecule has 0 aromatic heterocycles. The van der Waals surface area contributed by atoms with E-state index in [1.54, 1.807) is 0 Å². The number of anilines is 1. The summed E-state index contributed by atoms with van der Waals surface area (Å²) >= 11 is 18.6. The summed E-state index contributed by atoms with van der Waals surface area (Å²) < 4.78 is 118. The molecule has 0 bridgehead atoms. The number of alkyl halides is 8. The minimum Gasteiger partial charge on any atom is -0.326 e. The molecule has 4 nitrogen and oxygen atoms in total. The molecule has 0 unspecified atom stereocenters. The quantitative estimate of drug-likeness (QED) is 0.121. The van der Waals surface area contributed by atoms with Crippen molar-refractivity contribution in [3.63, 3.8) is 0 Å². The minimum atomic E-state index is -5.02. The SMILES string of the molecule is O=C(CCCC(F)(F)F)Cc1c(F)ccc(CC(=O)c2cc(NC(=O)[C@H]3[C@H](c4ccc(F)c(C(F)(F)F)c4)C3(Cl)Cl)ccc2Cl)c1F. The maximum atomic E-state index is 15.2. The molecule has 16 heteroatoms. The summed E-state index contributed by atoms with van der Waals surface area (Å²) in [5.74, 6) is -8.82. The van der Waals surface area contributed by atoms with Crippen molar-refractivity contribution in [2.75, 3.05) is 5.32 Å². The van der Waals surface area contributed by atoms with Crippen molar-refractivity contribution < 1.29 is 53.9 Å². The van der Waals surface area contributed by atoms with Crippen LogP contribution in [0.2, 0.25) is 5.02 Å². The third-order valence-electron chi connectivity index (χ3n) is 7.43. The van der Waals surface area contributed by atoms with Gasteiger partial charge < -0.3 is 5.32 Å². The highest BCUT2D eigenvalue weighted by Gasteiger charge is 2.67. The second kappa shape index (κ2) is 13.7. The van der Waals surface area contributed by atoms with Crippen molar-refractivity contribution in [2.24, 2.45) is 5.92 Å². The van der Waals surface area contributed by atoms with Crippen molar-refractivity contribution >= 4 is 58.0 Å². The van der Waals surface area contributed by atoms with Gasteiger partial charge in [0.05, 0.1) is 16.5 Å². The van der Waals surface area contributed by atoms with E-state index >= 15 is 4.39 Å². The van der Waals surface area contributed by atoms with E-state index in [0.717, 1.165) is 24.3 Å². The number of nitrogens with one attached hydrogen (secondary N) is 1. The maximum absolute atomic E-state index is 15.2. The van der Waals surface area contributed by atoms with Crippen LogP contribution in [-0.2, 0) is 28.6 Å². The zero-order valence-electron chi connectivity index (χ0n) is 23.6. The first kappa shape index (κ1) is 36.5. The van der Waals surface area contributed by atoms with Gasteiger partial charge in [-0.3, -0.25) is 14.4 Å². The van der Waals surface area contributed by atoms with Crippen LogP contribution in [0.4, 0.5) is 45.2 Å². The molecule has 1 N–H and O–H groups in total. The van der Waals surface area contributed by atoms with Crippen LogP contribution >= 0.6 is 34.8 Å². The van der Waals surface area contributed by atoms with Gasteiger partial charge in [0.25, 0.3) is 0 Å². The second-order valence-electron chi connectivity index (χ2n) is 10.8. The number of hydrogen-bond acceptors (Lipinski definition) is 3. The minimum absolute atomic E-state index is 0.0302. The lowest BCUT2D eigenvalue weighted by Gasteiger charge is -2.12. The molecule has 0 aliphatic heterocycles. The van der Waals surface area contributed by atoms with Crippen LogP contribution in [0.5, 0.6) is 0 Å². The third kappa shape index (κ3) is 8.60. The third-order valence-corrected chi connectivity index (χ3v) is 8.70. The van der Waals surface area contributed by atoms with Crippen LogP contribution in [0, 0.1) is 23.4 Å². The first-order valence-corrected chi connectivity index (χ1v) is 14.8. The van der Waals surface area contributed by atoms with Gasteiger partial charge in [0.2, 0.25) is 5.91 Å². The van der Waals surface area contributed by atoms with E-state index in [0.29, 0.717) is 12.1 Å². The number of carbonyl (C=O) groups excluding carboxylic acids is 3. The molecular weight excluding hydrogens is 712 g/mol. The topological polar surface area (TPSA) is 63.2 Å². The fourth-order valence-corrected chi connectivity index (χ4v) is 6.09. The number of carbonyl (C=O) groups is 3. The molecule has 0 radical (unpaired) electrons. The Kier molecular flexibility index (Phi) is 10.6. The van der Waals surface area contributed by atoms with Crippen molar-refractivity contribution in [3.05, 3.63) is 98.8 Å². The molecule has 1 fully saturated rings. The van der Waals surface area contributed by atoms with Gasteiger partial charge in [-0.15, -0.1) is 23.2 Å². The van der Waals surface area contributed by atoms with E-state index in [1.807, 2.05) is 0 Å². The van der Waals surface area contributed by atoms with E-state index in [-0.39, 0.29) is 27.4 Å². The Hall–Kier alpha value is -3.29. The normalized spacial score (nSPS) is 17.4. The molecule has 1 aliphatic rings. The zero-order chi connectivity index (χ0) is 35.1. The lowest BCUT2D eigenvalue weighted by molar-refractivity contribution is -0.140. The molecule has 0 heterocycles. The van der Waals surface area contributed by atoms with Crippen molar-refractivity contribution in [1.29, 1.82) is 0 Å². The first-order valence-electron chi connectivity index (χ1n) is 13.6. The predicted octanol–water partition coefficient (Wildman–Crippen LogP) is 9.57. The molecule has 0 saturated heterocycles. The molecule has 1 aliphatic carbocycles. The molecule has 47 heavy (non-hydrogen) atoms. The van der Waals surface area contributed by atoms with E-state index < -0.39 is 107 Å². The van der Waals surface area contributed by atoms with Gasteiger partial charge in [-0.25, -0.2) is 13.2 Å². The average molecular weight is 733 g/mol. The Morgan fingerprint density at radius 1 is 0.851 bits per heavy atom. The molecular formula is C31H21Cl3F9NO3. The van der Waals surface area contributed by atoms with Gasteiger partial charge in [-0.05, 0) is 53.9 Å². The largest absolute Gasteiger partial charge is 0.419 e. The second-order valence-corrected chi connectivity index (χ2v) is 12.7. The van der Waals surface area contributed by atoms with Crippen LogP contribution in [0.25, 0.3) is 0 Å². The Labute approximate surface area is 276 Å². The van der Waals surface area contributed by atoms with Gasteiger partial charge in [0.15, 0.2) is 5.78 Å². The zero-order valence-corrected chi connectivity index (χ0v) is 25.8. The van der Waals surface area contributed by atoms with Gasteiger partial charge in [-0.1, -0.05) is 23.7 Å². The predicted molar refractivity (Wildman–Crippen MR) is 155 cm³/mol. The Balaban J connectivity index is 1.47. The molecule has 2 atom stereocenters. The summed E-state index contributed by atoms with van der Waals surface area (Å²) in [7, 11) is 0. The molecule has 1 saturated carbocycles. The number of hydrogen-bond donors (Lipinski definition) is 1. The number of rotatable bonds is 11. The number of benzene rings is 3. The van der Waals surface area contributed by atoms with Crippen molar-refractivity contribution in [1.82, 2.24) is 0 Å². The van der Waals surface area contributed by atoms with Gasteiger partial charge in [0.1, 0.15) is 27.6 Å². The number of Topliss-reactive ketones (excluding diaryl/α,β-unsaturated/α-hetero) is 2. The molecule has 252 valence electrons. The summed E-state index contributed by atoms with van der Waals surface area (Å²) in [6.45, 7) is 0. The molecule has 3 aromatic carbocycles. The Bertz CT molecular complexity index is 1720. The van der Waals surface area contributed by atoms with Crippen LogP contribution in [0.15, 0.2) is 48.5 Å². The fraction of sp³-hybridized carbons (Fsp3) is 0.323. The fourth-order valence-electron chi connectivity index (χ4n) is 5.04. The first-order chi connectivity index (χ1) is 21.7. The Morgan fingerprint density at radius 3 is 2.15 bits per heavy atom. The number of halogens is 12. The number of ketones is 2. The molecule has 3 aromatic rings. The average Bonchev–Trinajstić information content (AvgIpc) is 3.54. The van der Waals surface area contributed by atoms with Crippen LogP contribution < -0.4 is 5.32 Å². The summed E-state index contributed by atoms with van der Waals surface area (Å²) in [6, 6.07) is 7.47. The molecule has 1 amide bonds. The maximum Gasteiger partial charge on any atom is 0.419 e. The van der Waals surface area contributed by atoms with Crippen LogP contribution in [-0.4, -0.2) is 28.0 Å². The van der Waals surface area contributed by atoms with E-state index in [1.165, 1.54) is 12.1 Å². The monoisotopic (exact) mass is 731 g/mol. The lowest BCUT2D eigenvalue weighted by atomic mass is 9.97. The Morgan fingerprint density at radius 2 is 1.51 bits per heavy atom. The molecule has 4 rings (SSSR count). The smallest absolute Gasteiger partial charge is 0.326 e. The van der Waals surface area contributed by atoms with E-state index in [2.05, 4.69) is 5.32 Å². The number of amides is 1. The summed E-state index contributed by atoms with van der Waals surface area (Å²) in [6.07, 6.45) is -13.4. The van der Waals surface area contributed by atoms with Gasteiger partial charge in [0, 0.05) is 48.4 Å². The van der Waals surface area contributed by atoms with Crippen molar-refractivity contribution in [3.8, 4) is 0 Å². The highest BCUT2D eigenvalue weighted by atomic mass is 35.5. The van der Waals surface area contributed by atoms with E-state index in [9.17, 15) is 49.5 Å². The highest BCUT2D eigenvalue weighted by molar-refractivity contribution is 6.53. The summed E-state index contributed by atoms with van der Waals surface area (Å²) in [4.78, 5) is 38.2. The van der Waals surface area contributed by atoms with Crippen LogP contribution in [0.3, 0.4) is 0 Å².